The molecule has 1 aromatic rings. The van der Waals surface area contributed by atoms with Crippen LogP contribution in [0.4, 0.5) is 0 Å². The van der Waals surface area contributed by atoms with Gasteiger partial charge in [-0.15, -0.1) is 0 Å². The van der Waals surface area contributed by atoms with Gasteiger partial charge in [0.05, 0.1) is 6.61 Å². The normalized spacial score (nSPS) is 23.6. The molecule has 1 N–H and O–H groups in total. The molecule has 0 aliphatic carbocycles. The molecule has 2 atom stereocenters. The molecule has 192 valence electrons. The Balaban J connectivity index is 1.52. The lowest BCUT2D eigenvalue weighted by atomic mass is 9.88. The number of likely N-dealkylation sites (tertiary alicyclic amines) is 1. The number of nitrogens with zero attached hydrogens (tertiary/aromatic N) is 2. The molecule has 2 aliphatic heterocycles. The highest BCUT2D eigenvalue weighted by molar-refractivity contribution is 7.89. The molecule has 0 saturated carbocycles. The van der Waals surface area contributed by atoms with Gasteiger partial charge < -0.3 is 14.5 Å². The van der Waals surface area contributed by atoms with Crippen molar-refractivity contribution in [1.82, 2.24) is 14.5 Å². The lowest BCUT2D eigenvalue weighted by molar-refractivity contribution is -0.126. The summed E-state index contributed by atoms with van der Waals surface area (Å²) in [7, 11) is -3.88. The number of esters is 1. The van der Waals surface area contributed by atoms with E-state index in [9.17, 15) is 18.0 Å². The van der Waals surface area contributed by atoms with Gasteiger partial charge in [0.2, 0.25) is 16.8 Å². The molecule has 0 spiro atoms. The molecule has 2 aliphatic rings. The third-order valence-corrected chi connectivity index (χ3v) is 8.67. The highest BCUT2D eigenvalue weighted by atomic mass is 32.2. The van der Waals surface area contributed by atoms with Crippen molar-refractivity contribution in [2.24, 2.45) is 17.8 Å². The van der Waals surface area contributed by atoms with E-state index < -0.39 is 16.0 Å². The van der Waals surface area contributed by atoms with Crippen LogP contribution in [0.1, 0.15) is 64.4 Å². The number of piperidine rings is 2. The Hall–Kier alpha value is -1.91. The van der Waals surface area contributed by atoms with E-state index >= 15 is 0 Å². The third kappa shape index (κ3) is 6.20. The van der Waals surface area contributed by atoms with Gasteiger partial charge in [-0.1, -0.05) is 13.8 Å². The number of ether oxygens (including phenoxy) is 1. The summed E-state index contributed by atoms with van der Waals surface area (Å²) < 4.78 is 37.2. The highest BCUT2D eigenvalue weighted by Gasteiger charge is 2.36. The third-order valence-electron chi connectivity index (χ3n) is 6.90. The Morgan fingerprint density at radius 2 is 1.76 bits per heavy atom. The van der Waals surface area contributed by atoms with Crippen LogP contribution in [-0.2, 0) is 19.6 Å². The fraction of sp³-hybridized carbons (Fsp3) is 0.750. The monoisotopic (exact) mass is 497 g/mol. The molecule has 3 rings (SSSR count). The summed E-state index contributed by atoms with van der Waals surface area (Å²) in [6.45, 7) is 13.8. The maximum absolute atomic E-state index is 12.9. The van der Waals surface area contributed by atoms with E-state index in [2.05, 4.69) is 37.9 Å². The summed E-state index contributed by atoms with van der Waals surface area (Å²) in [5, 5.41) is 2.83. The van der Waals surface area contributed by atoms with Gasteiger partial charge in [0.1, 0.15) is 0 Å². The second-order valence-electron chi connectivity index (χ2n) is 10.4. The molecule has 3 heterocycles. The van der Waals surface area contributed by atoms with Crippen LogP contribution in [0, 0.1) is 17.8 Å². The largest absolute Gasteiger partial charge is 0.460 e. The fourth-order valence-electron chi connectivity index (χ4n) is 4.97. The maximum Gasteiger partial charge on any atom is 0.374 e. The van der Waals surface area contributed by atoms with Crippen molar-refractivity contribution in [2.75, 3.05) is 39.3 Å². The zero-order valence-corrected chi connectivity index (χ0v) is 21.8. The lowest BCUT2D eigenvalue weighted by Crippen LogP contribution is -2.56. The van der Waals surface area contributed by atoms with Gasteiger partial charge in [-0.25, -0.2) is 13.2 Å². The number of carbonyl (C=O) groups excluding carboxylic acids is 2. The second-order valence-corrected chi connectivity index (χ2v) is 12.3. The summed E-state index contributed by atoms with van der Waals surface area (Å²) in [5.41, 5.74) is -0.140. The van der Waals surface area contributed by atoms with Crippen LogP contribution in [0.2, 0.25) is 0 Å². The van der Waals surface area contributed by atoms with Gasteiger partial charge in [0, 0.05) is 44.2 Å². The fourth-order valence-corrected chi connectivity index (χ4v) is 6.35. The van der Waals surface area contributed by atoms with Crippen LogP contribution in [0.3, 0.4) is 0 Å². The van der Waals surface area contributed by atoms with Crippen molar-refractivity contribution in [3.8, 4) is 0 Å². The zero-order valence-electron chi connectivity index (χ0n) is 21.0. The van der Waals surface area contributed by atoms with Gasteiger partial charge >= 0.3 is 5.97 Å². The number of amides is 1. The molecular weight excluding hydrogens is 458 g/mol. The van der Waals surface area contributed by atoms with Gasteiger partial charge in [-0.2, -0.15) is 4.31 Å². The Bertz CT molecular complexity index is 955. The molecule has 34 heavy (non-hydrogen) atoms. The molecule has 1 aromatic heterocycles. The Morgan fingerprint density at radius 1 is 1.15 bits per heavy atom. The number of nitrogens with one attached hydrogen (secondary N) is 1. The minimum atomic E-state index is -3.88. The quantitative estimate of drug-likeness (QED) is 0.550. The predicted molar refractivity (Wildman–Crippen MR) is 128 cm³/mol. The van der Waals surface area contributed by atoms with Crippen LogP contribution < -0.4 is 5.32 Å². The first-order chi connectivity index (χ1) is 15.9. The lowest BCUT2D eigenvalue weighted by Gasteiger charge is -2.45. The predicted octanol–water partition coefficient (Wildman–Crippen LogP) is 2.73. The van der Waals surface area contributed by atoms with Crippen LogP contribution in [0.15, 0.2) is 21.6 Å². The summed E-state index contributed by atoms with van der Waals surface area (Å²) >= 11 is 0. The minimum absolute atomic E-state index is 0.0224. The molecule has 2 unspecified atom stereocenters. The minimum Gasteiger partial charge on any atom is -0.460 e. The van der Waals surface area contributed by atoms with Gasteiger partial charge in [-0.05, 0) is 64.0 Å². The number of hydrogen-bond donors (Lipinski definition) is 1. The van der Waals surface area contributed by atoms with Crippen LogP contribution in [0.25, 0.3) is 0 Å². The first kappa shape index (κ1) is 26.7. The maximum atomic E-state index is 12.9. The van der Waals surface area contributed by atoms with E-state index in [1.165, 1.54) is 22.9 Å². The van der Waals surface area contributed by atoms with Crippen molar-refractivity contribution >= 4 is 21.9 Å². The molecule has 2 saturated heterocycles. The summed E-state index contributed by atoms with van der Waals surface area (Å²) in [6, 6.07) is 2.57. The standard InChI is InChI=1S/C24H39N3O6S/c1-6-32-23(29)20-7-8-21(33-20)34(30,31)27-11-9-19(10-12-27)22(28)25-16-24(4,5)26-14-17(2)13-18(3)15-26/h7-8,17-19H,6,9-16H2,1-5H3,(H,25,28). The zero-order chi connectivity index (χ0) is 25.1. The average molecular weight is 498 g/mol. The molecule has 0 radical (unpaired) electrons. The van der Waals surface area contributed by atoms with E-state index in [1.54, 1.807) is 6.92 Å². The Labute approximate surface area is 203 Å². The SMILES string of the molecule is CCOC(=O)c1ccc(S(=O)(=O)N2CCC(C(=O)NCC(C)(C)N3CC(C)CC(C)C3)CC2)o1. The highest BCUT2D eigenvalue weighted by Crippen LogP contribution is 2.28. The first-order valence-corrected chi connectivity index (χ1v) is 13.7. The number of rotatable bonds is 8. The summed E-state index contributed by atoms with van der Waals surface area (Å²) in [4.78, 5) is 27.1. The number of furan rings is 1. The topological polar surface area (TPSA) is 109 Å². The van der Waals surface area contributed by atoms with Gasteiger partial charge in [0.25, 0.3) is 10.0 Å². The van der Waals surface area contributed by atoms with E-state index in [0.717, 1.165) is 13.1 Å². The van der Waals surface area contributed by atoms with Crippen molar-refractivity contribution in [3.05, 3.63) is 17.9 Å². The summed E-state index contributed by atoms with van der Waals surface area (Å²) in [6.07, 6.45) is 2.12. The first-order valence-electron chi connectivity index (χ1n) is 12.2. The molecule has 0 bridgehead atoms. The van der Waals surface area contributed by atoms with Gasteiger partial charge in [-0.3, -0.25) is 9.69 Å². The molecule has 2 fully saturated rings. The van der Waals surface area contributed by atoms with Crippen LogP contribution >= 0.6 is 0 Å². The van der Waals surface area contributed by atoms with E-state index in [4.69, 9.17) is 9.15 Å². The number of hydrogen-bond acceptors (Lipinski definition) is 7. The van der Waals surface area contributed by atoms with Crippen molar-refractivity contribution in [3.63, 3.8) is 0 Å². The van der Waals surface area contributed by atoms with E-state index in [-0.39, 0.29) is 47.9 Å². The van der Waals surface area contributed by atoms with Gasteiger partial charge in [0.15, 0.2) is 0 Å². The molecule has 0 aromatic carbocycles. The second kappa shape index (κ2) is 10.8. The number of carbonyl (C=O) groups is 2. The van der Waals surface area contributed by atoms with Crippen molar-refractivity contribution in [1.29, 1.82) is 0 Å². The molecule has 10 heteroatoms. The Morgan fingerprint density at radius 3 is 2.35 bits per heavy atom. The summed E-state index contributed by atoms with van der Waals surface area (Å²) in [5.74, 6) is 0.199. The smallest absolute Gasteiger partial charge is 0.374 e. The van der Waals surface area contributed by atoms with Crippen LogP contribution in [0.5, 0.6) is 0 Å². The molecular formula is C24H39N3O6S. The Kier molecular flexibility index (Phi) is 8.47. The van der Waals surface area contributed by atoms with Crippen molar-refractivity contribution < 1.29 is 27.2 Å². The van der Waals surface area contributed by atoms with E-state index in [1.807, 2.05) is 0 Å². The van der Waals surface area contributed by atoms with E-state index in [0.29, 0.717) is 31.2 Å². The van der Waals surface area contributed by atoms with Crippen LogP contribution in [-0.4, -0.2) is 74.4 Å². The number of sulfonamides is 1. The van der Waals surface area contributed by atoms with Crippen molar-refractivity contribution in [2.45, 2.75) is 64.5 Å². The molecule has 1 amide bonds. The molecule has 9 nitrogen and oxygen atoms in total. The average Bonchev–Trinajstić information content (AvgIpc) is 3.29.